The predicted octanol–water partition coefficient (Wildman–Crippen LogP) is -0.525. The second kappa shape index (κ2) is 3.96. The summed E-state index contributed by atoms with van der Waals surface area (Å²) in [7, 11) is 0. The molecule has 4 atom stereocenters. The van der Waals surface area contributed by atoms with Crippen molar-refractivity contribution in [3.63, 3.8) is 0 Å². The predicted molar refractivity (Wildman–Crippen MR) is 55.9 cm³/mol. The van der Waals surface area contributed by atoms with Crippen LogP contribution in [0.15, 0.2) is 11.6 Å². The number of rotatable bonds is 4. The first-order chi connectivity index (χ1) is 7.91. The molecule has 2 aliphatic heterocycles. The number of nitrogens with two attached hydrogens (primary N) is 1. The number of amides is 1. The van der Waals surface area contributed by atoms with E-state index in [0.29, 0.717) is 5.57 Å². The van der Waals surface area contributed by atoms with Gasteiger partial charge < -0.3 is 15.6 Å². The lowest BCUT2D eigenvalue weighted by Gasteiger charge is -2.22. The number of ether oxygens (including phenoxy) is 1. The van der Waals surface area contributed by atoms with Crippen LogP contribution in [0, 0.1) is 11.8 Å². The van der Waals surface area contributed by atoms with Crippen molar-refractivity contribution in [2.24, 2.45) is 17.6 Å². The third kappa shape index (κ3) is 1.84. The maximum absolute atomic E-state index is 11.5. The minimum Gasteiger partial charge on any atom is -0.481 e. The zero-order valence-electron chi connectivity index (χ0n) is 9.25. The van der Waals surface area contributed by atoms with Crippen LogP contribution in [0.2, 0.25) is 0 Å². The molecular formula is C11H13NO5. The molecule has 0 saturated carbocycles. The van der Waals surface area contributed by atoms with E-state index in [9.17, 15) is 14.4 Å². The molecule has 6 nitrogen and oxygen atoms in total. The second-order valence-electron chi connectivity index (χ2n) is 4.41. The topological polar surface area (TPSA) is 107 Å². The van der Waals surface area contributed by atoms with Crippen molar-refractivity contribution in [2.75, 3.05) is 0 Å². The Morgan fingerprint density at radius 1 is 1.41 bits per heavy atom. The van der Waals surface area contributed by atoms with Crippen LogP contribution >= 0.6 is 0 Å². The molecule has 2 rings (SSSR count). The molecule has 0 aromatic carbocycles. The number of fused-ring (bicyclic) bond motifs is 2. The molecule has 4 unspecified atom stereocenters. The van der Waals surface area contributed by atoms with Gasteiger partial charge in [0, 0.05) is 6.42 Å². The summed E-state index contributed by atoms with van der Waals surface area (Å²) in [5, 5.41) is 9.07. The Kier molecular flexibility index (Phi) is 2.74. The highest BCUT2D eigenvalue weighted by atomic mass is 16.5. The smallest absolute Gasteiger partial charge is 0.310 e. The summed E-state index contributed by atoms with van der Waals surface area (Å²) in [5.74, 6) is -3.36. The number of carboxylic acids is 1. The molecule has 2 heterocycles. The Morgan fingerprint density at radius 2 is 2.06 bits per heavy atom. The second-order valence-corrected chi connectivity index (χ2v) is 4.41. The maximum Gasteiger partial charge on any atom is 0.310 e. The van der Waals surface area contributed by atoms with E-state index in [1.165, 1.54) is 6.92 Å². The van der Waals surface area contributed by atoms with Crippen molar-refractivity contribution in [1.82, 2.24) is 0 Å². The highest BCUT2D eigenvalue weighted by Crippen LogP contribution is 2.44. The van der Waals surface area contributed by atoms with E-state index in [1.54, 1.807) is 6.08 Å². The van der Waals surface area contributed by atoms with Crippen molar-refractivity contribution in [2.45, 2.75) is 25.6 Å². The van der Waals surface area contributed by atoms with E-state index in [-0.39, 0.29) is 12.2 Å². The Morgan fingerprint density at radius 3 is 2.53 bits per heavy atom. The van der Waals surface area contributed by atoms with Gasteiger partial charge in [-0.05, 0) is 12.5 Å². The standard InChI is InChI=1S/C11H13NO5/c1-4(13)8-9(11(15)16)6-2-5(3-7(12)14)10(8)17-6/h2,6,8-10H,3H2,1H3,(H2,12,14)(H,15,16). The lowest BCUT2D eigenvalue weighted by atomic mass is 9.77. The average Bonchev–Trinajstić information content (AvgIpc) is 2.71. The van der Waals surface area contributed by atoms with Gasteiger partial charge in [0.15, 0.2) is 0 Å². The SMILES string of the molecule is CC(=O)C1C2OC(C=C2CC(N)=O)C1C(=O)O. The summed E-state index contributed by atoms with van der Waals surface area (Å²) in [4.78, 5) is 33.4. The largest absolute Gasteiger partial charge is 0.481 e. The molecule has 2 bridgehead atoms. The number of aliphatic carboxylic acids is 1. The first-order valence-corrected chi connectivity index (χ1v) is 5.29. The number of carbonyl (C=O) groups excluding carboxylic acids is 2. The van der Waals surface area contributed by atoms with Crippen LogP contribution < -0.4 is 5.73 Å². The van der Waals surface area contributed by atoms with E-state index in [0.717, 1.165) is 0 Å². The normalized spacial score (nSPS) is 34.5. The van der Waals surface area contributed by atoms with Gasteiger partial charge in [-0.3, -0.25) is 14.4 Å². The summed E-state index contributed by atoms with van der Waals surface area (Å²) >= 11 is 0. The molecule has 0 aliphatic carbocycles. The monoisotopic (exact) mass is 239 g/mol. The van der Waals surface area contributed by atoms with Crippen molar-refractivity contribution < 1.29 is 24.2 Å². The van der Waals surface area contributed by atoms with E-state index in [2.05, 4.69) is 0 Å². The fourth-order valence-electron chi connectivity index (χ4n) is 2.62. The van der Waals surface area contributed by atoms with Crippen molar-refractivity contribution >= 4 is 17.7 Å². The molecule has 0 aromatic heterocycles. The molecule has 0 aromatic rings. The molecule has 3 N–H and O–H groups in total. The lowest BCUT2D eigenvalue weighted by molar-refractivity contribution is -0.146. The Labute approximate surface area is 97.4 Å². The Balaban J connectivity index is 2.28. The van der Waals surface area contributed by atoms with Crippen LogP contribution in [0.4, 0.5) is 0 Å². The minimum atomic E-state index is -1.05. The molecule has 2 aliphatic rings. The first-order valence-electron chi connectivity index (χ1n) is 5.29. The number of carboxylic acid groups (broad SMARTS) is 1. The number of hydrogen-bond acceptors (Lipinski definition) is 4. The molecule has 1 fully saturated rings. The van der Waals surface area contributed by atoms with Gasteiger partial charge in [0.2, 0.25) is 5.91 Å². The van der Waals surface area contributed by atoms with Gasteiger partial charge in [0.25, 0.3) is 0 Å². The van der Waals surface area contributed by atoms with Crippen LogP contribution in [0.5, 0.6) is 0 Å². The van der Waals surface area contributed by atoms with Crippen molar-refractivity contribution in [3.8, 4) is 0 Å². The van der Waals surface area contributed by atoms with Crippen LogP contribution in [0.25, 0.3) is 0 Å². The van der Waals surface area contributed by atoms with Crippen LogP contribution in [-0.4, -0.2) is 35.0 Å². The number of hydrogen-bond donors (Lipinski definition) is 2. The lowest BCUT2D eigenvalue weighted by Crippen LogP contribution is -2.37. The Bertz CT molecular complexity index is 428. The highest BCUT2D eigenvalue weighted by molar-refractivity contribution is 5.88. The molecule has 0 radical (unpaired) electrons. The molecule has 0 spiro atoms. The van der Waals surface area contributed by atoms with E-state index >= 15 is 0 Å². The quantitative estimate of drug-likeness (QED) is 0.641. The van der Waals surface area contributed by atoms with Gasteiger partial charge in [0.1, 0.15) is 5.78 Å². The summed E-state index contributed by atoms with van der Waals surface area (Å²) in [6.45, 7) is 1.34. The van der Waals surface area contributed by atoms with Gasteiger partial charge in [0.05, 0.1) is 24.0 Å². The summed E-state index contributed by atoms with van der Waals surface area (Å²) in [6, 6.07) is 0. The number of primary amides is 1. The summed E-state index contributed by atoms with van der Waals surface area (Å²) in [5.41, 5.74) is 5.71. The molecular weight excluding hydrogens is 226 g/mol. The average molecular weight is 239 g/mol. The number of ketones is 1. The minimum absolute atomic E-state index is 0.0112. The number of carbonyl (C=O) groups is 3. The van der Waals surface area contributed by atoms with Crippen LogP contribution in [-0.2, 0) is 19.1 Å². The third-order valence-electron chi connectivity index (χ3n) is 3.25. The fraction of sp³-hybridized carbons (Fsp3) is 0.545. The maximum atomic E-state index is 11.5. The Hall–Kier alpha value is -1.69. The molecule has 1 amide bonds. The van der Waals surface area contributed by atoms with Gasteiger partial charge in [-0.15, -0.1) is 0 Å². The molecule has 17 heavy (non-hydrogen) atoms. The molecule has 6 heteroatoms. The zero-order chi connectivity index (χ0) is 12.7. The van der Waals surface area contributed by atoms with Crippen molar-refractivity contribution in [3.05, 3.63) is 11.6 Å². The van der Waals surface area contributed by atoms with Crippen molar-refractivity contribution in [1.29, 1.82) is 0 Å². The first kappa shape index (κ1) is 11.8. The fourth-order valence-corrected chi connectivity index (χ4v) is 2.62. The highest BCUT2D eigenvalue weighted by Gasteiger charge is 2.54. The zero-order valence-corrected chi connectivity index (χ0v) is 9.25. The molecule has 1 saturated heterocycles. The van der Waals surface area contributed by atoms with E-state index < -0.39 is 35.9 Å². The van der Waals surface area contributed by atoms with Gasteiger partial charge in [-0.2, -0.15) is 0 Å². The summed E-state index contributed by atoms with van der Waals surface area (Å²) in [6.07, 6.45) is 0.386. The molecule has 92 valence electrons. The van der Waals surface area contributed by atoms with Gasteiger partial charge in [-0.1, -0.05) is 6.08 Å². The number of Topliss-reactive ketones (excluding diaryl/α,β-unsaturated/α-hetero) is 1. The van der Waals surface area contributed by atoms with Gasteiger partial charge >= 0.3 is 5.97 Å². The van der Waals surface area contributed by atoms with Crippen LogP contribution in [0.1, 0.15) is 13.3 Å². The summed E-state index contributed by atoms with van der Waals surface area (Å²) < 4.78 is 5.43. The third-order valence-corrected chi connectivity index (χ3v) is 3.25. The van der Waals surface area contributed by atoms with Gasteiger partial charge in [-0.25, -0.2) is 0 Å². The van der Waals surface area contributed by atoms with E-state index in [1.807, 2.05) is 0 Å². The van der Waals surface area contributed by atoms with Crippen LogP contribution in [0.3, 0.4) is 0 Å². The van der Waals surface area contributed by atoms with E-state index in [4.69, 9.17) is 15.6 Å².